The number of hydrogen-bond donors (Lipinski definition) is 5. The Kier molecular flexibility index (Phi) is 29.3. The summed E-state index contributed by atoms with van der Waals surface area (Å²) in [4.78, 5) is 186. The molecule has 2 aliphatic heterocycles. The third-order valence-electron chi connectivity index (χ3n) is 18.3. The summed E-state index contributed by atoms with van der Waals surface area (Å²) in [5.41, 5.74) is 1.19. The van der Waals surface area contributed by atoms with E-state index in [1.807, 2.05) is 34.6 Å². The summed E-state index contributed by atoms with van der Waals surface area (Å²) in [5.74, 6) is -9.72. The fourth-order valence-corrected chi connectivity index (χ4v) is 11.6. The fraction of sp³-hybridized carbons (Fsp3) is 0.647. The van der Waals surface area contributed by atoms with Gasteiger partial charge in [-0.05, 0) is 99.8 Å². The van der Waals surface area contributed by atoms with Crippen molar-refractivity contribution in [1.82, 2.24) is 60.5 Å². The Morgan fingerprint density at radius 3 is 1.58 bits per heavy atom. The van der Waals surface area contributed by atoms with Crippen LogP contribution in [-0.2, 0) is 70.4 Å². The molecule has 2 aliphatic rings. The molecular formula is C68H106N12O13. The number of carbonyl (C=O) groups is 12. The van der Waals surface area contributed by atoms with Gasteiger partial charge in [0.1, 0.15) is 66.2 Å². The number of rotatable bonds is 12. The van der Waals surface area contributed by atoms with Crippen molar-refractivity contribution in [2.24, 2.45) is 23.7 Å². The van der Waals surface area contributed by atoms with Crippen molar-refractivity contribution in [2.75, 3.05) is 69.0 Å². The standard InChI is InChI=1S/C68H106N12O13/c1-19-43(8)58-62(87)71-51(36-48-28-30-49(81)31-29-48)65(90)73(12)39-56(83)77(16)53(35-41(4)5)60(85)70-52(67(92)80-32-24-21-25-33-80)38-55(82)74(13)44(9)59(84)69-50(34-40(2)3)66(91)75(14)45(10)63(88)78(17)54(37-47-26-22-20-23-27-47)61(86)72-57(42(6)7)68(93)76(15)46(11)64(89)79(58)18/h20,22-23,26-31,40-46,50-54,57-58,81H,19,21,24-25,32-39H2,1-18H3,(H,69,84)(H,70,85)(H,71,87)(H,72,86)/t43-,44-,45-,46-,50-,51-,52-,53-,54-,57-,58-/m0/s1. The number of phenols is 1. The van der Waals surface area contributed by atoms with E-state index in [-0.39, 0.29) is 43.3 Å². The summed E-state index contributed by atoms with van der Waals surface area (Å²) in [7, 11) is 9.76. The van der Waals surface area contributed by atoms with Gasteiger partial charge >= 0.3 is 0 Å². The second-order valence-corrected chi connectivity index (χ2v) is 26.7. The molecule has 0 spiro atoms. The maximum absolute atomic E-state index is 14.9. The second kappa shape index (κ2) is 35.2. The third kappa shape index (κ3) is 20.9. The van der Waals surface area contributed by atoms with Gasteiger partial charge in [-0.3, -0.25) is 57.5 Å². The van der Waals surface area contributed by atoms with Crippen LogP contribution in [-0.4, -0.2) is 245 Å². The Bertz CT molecular complexity index is 2940. The maximum atomic E-state index is 14.9. The predicted molar refractivity (Wildman–Crippen MR) is 352 cm³/mol. The first kappa shape index (κ1) is 77.3. The van der Waals surface area contributed by atoms with Gasteiger partial charge in [0.2, 0.25) is 70.9 Å². The Morgan fingerprint density at radius 1 is 0.505 bits per heavy atom. The molecule has 12 amide bonds. The van der Waals surface area contributed by atoms with Crippen LogP contribution >= 0.6 is 0 Å². The lowest BCUT2D eigenvalue weighted by Gasteiger charge is -2.38. The number of hydrogen-bond acceptors (Lipinski definition) is 13. The molecule has 2 fully saturated rings. The van der Waals surface area contributed by atoms with Crippen LogP contribution in [0.2, 0.25) is 0 Å². The van der Waals surface area contributed by atoms with E-state index in [0.29, 0.717) is 43.5 Å². The molecule has 4 rings (SSSR count). The quantitative estimate of drug-likeness (QED) is 0.205. The topological polar surface area (TPSA) is 299 Å². The molecule has 25 heteroatoms. The molecule has 2 aromatic carbocycles. The van der Waals surface area contributed by atoms with Crippen LogP contribution in [0, 0.1) is 23.7 Å². The monoisotopic (exact) mass is 1300 g/mol. The van der Waals surface area contributed by atoms with Gasteiger partial charge in [-0.1, -0.05) is 104 Å². The zero-order valence-corrected chi connectivity index (χ0v) is 58.2. The minimum absolute atomic E-state index is 0.0195. The second-order valence-electron chi connectivity index (χ2n) is 26.7. The zero-order chi connectivity index (χ0) is 70.0. The van der Waals surface area contributed by atoms with Crippen LogP contribution in [0.4, 0.5) is 0 Å². The van der Waals surface area contributed by atoms with E-state index < -0.39 is 156 Å². The molecule has 93 heavy (non-hydrogen) atoms. The number of amides is 12. The molecule has 2 heterocycles. The molecule has 11 atom stereocenters. The van der Waals surface area contributed by atoms with Gasteiger partial charge in [-0.2, -0.15) is 0 Å². The fourth-order valence-electron chi connectivity index (χ4n) is 11.6. The van der Waals surface area contributed by atoms with Gasteiger partial charge in [0.25, 0.3) is 0 Å². The number of aromatic hydroxyl groups is 1. The highest BCUT2D eigenvalue weighted by atomic mass is 16.3. The first-order chi connectivity index (χ1) is 43.5. The van der Waals surface area contributed by atoms with Crippen LogP contribution in [0.5, 0.6) is 5.75 Å². The lowest BCUT2D eigenvalue weighted by Crippen LogP contribution is -2.62. The summed E-state index contributed by atoms with van der Waals surface area (Å²) < 4.78 is 0. The highest BCUT2D eigenvalue weighted by molar-refractivity contribution is 6.00. The Labute approximate surface area is 550 Å². The Morgan fingerprint density at radius 2 is 1.03 bits per heavy atom. The third-order valence-corrected chi connectivity index (χ3v) is 18.3. The minimum Gasteiger partial charge on any atom is -0.508 e. The Balaban J connectivity index is 1.89. The van der Waals surface area contributed by atoms with Crippen molar-refractivity contribution < 1.29 is 62.6 Å². The van der Waals surface area contributed by atoms with E-state index >= 15 is 0 Å². The van der Waals surface area contributed by atoms with Crippen LogP contribution in [0.3, 0.4) is 0 Å². The van der Waals surface area contributed by atoms with Gasteiger partial charge in [0.05, 0.1) is 13.0 Å². The summed E-state index contributed by atoms with van der Waals surface area (Å²) >= 11 is 0. The lowest BCUT2D eigenvalue weighted by molar-refractivity contribution is -0.151. The van der Waals surface area contributed by atoms with Crippen molar-refractivity contribution in [2.45, 2.75) is 194 Å². The average Bonchev–Trinajstić information content (AvgIpc) is 0.929. The van der Waals surface area contributed by atoms with Crippen molar-refractivity contribution in [3.63, 3.8) is 0 Å². The molecule has 0 unspecified atom stereocenters. The van der Waals surface area contributed by atoms with E-state index in [9.17, 15) is 62.6 Å². The van der Waals surface area contributed by atoms with Crippen molar-refractivity contribution >= 4 is 70.9 Å². The van der Waals surface area contributed by atoms with E-state index in [1.54, 1.807) is 68.1 Å². The smallest absolute Gasteiger partial charge is 0.245 e. The van der Waals surface area contributed by atoms with Gasteiger partial charge in [-0.25, -0.2) is 0 Å². The van der Waals surface area contributed by atoms with Crippen LogP contribution in [0.25, 0.3) is 0 Å². The van der Waals surface area contributed by atoms with E-state index in [1.165, 1.54) is 107 Å². The molecule has 0 saturated carbocycles. The Hall–Kier alpha value is -8.12. The lowest BCUT2D eigenvalue weighted by atomic mass is 9.95. The number of carbonyl (C=O) groups excluding carboxylic acids is 12. The molecule has 0 aliphatic carbocycles. The number of piperidine rings is 1. The van der Waals surface area contributed by atoms with E-state index in [2.05, 4.69) is 21.3 Å². The number of likely N-dealkylation sites (tertiary alicyclic amines) is 1. The normalized spacial score (nSPS) is 26.0. The zero-order valence-electron chi connectivity index (χ0n) is 58.2. The molecule has 0 aromatic heterocycles. The molecule has 0 bridgehead atoms. The summed E-state index contributed by atoms with van der Waals surface area (Å²) in [5, 5.41) is 21.5. The van der Waals surface area contributed by atoms with Crippen LogP contribution in [0.1, 0.15) is 132 Å². The SMILES string of the molecule is CC[C@H](C)[C@H]1C(=O)N[C@@H](Cc2ccc(O)cc2)C(=O)N(C)CC(=O)N(C)[C@@H](CC(C)C)C(=O)N[C@H](C(=O)N2CCCCC2)CC(=O)N(C)[C@@H](C)C(=O)N[C@@H](CC(C)C)C(=O)N(C)[C@@H](C)C(=O)N(C)[C@@H](Cc2ccccc2)C(=O)N[C@@H](C(C)C)C(=O)N(C)[C@@H](C)C(=O)N1C. The molecule has 25 nitrogen and oxygen atoms in total. The van der Waals surface area contributed by atoms with Gasteiger partial charge in [-0.15, -0.1) is 0 Å². The van der Waals surface area contributed by atoms with Crippen molar-refractivity contribution in [1.29, 1.82) is 0 Å². The number of likely N-dealkylation sites (N-methyl/N-ethyl adjacent to an activating group) is 7. The van der Waals surface area contributed by atoms with Gasteiger partial charge < -0.3 is 65.6 Å². The molecule has 2 aromatic rings. The van der Waals surface area contributed by atoms with Gasteiger partial charge in [0.15, 0.2) is 0 Å². The summed E-state index contributed by atoms with van der Waals surface area (Å²) in [6, 6.07) is 2.16. The number of benzene rings is 2. The first-order valence-electron chi connectivity index (χ1n) is 32.7. The highest BCUT2D eigenvalue weighted by Gasteiger charge is 2.43. The number of nitrogens with zero attached hydrogens (tertiary/aromatic N) is 8. The largest absolute Gasteiger partial charge is 0.508 e. The average molecular weight is 1300 g/mol. The van der Waals surface area contributed by atoms with Gasteiger partial charge in [0, 0.05) is 75.3 Å². The maximum Gasteiger partial charge on any atom is 0.245 e. The predicted octanol–water partition coefficient (Wildman–Crippen LogP) is 2.81. The van der Waals surface area contributed by atoms with E-state index in [0.717, 1.165) is 16.2 Å². The minimum atomic E-state index is -1.45. The highest BCUT2D eigenvalue weighted by Crippen LogP contribution is 2.23. The van der Waals surface area contributed by atoms with Crippen LogP contribution < -0.4 is 21.3 Å². The first-order valence-corrected chi connectivity index (χ1v) is 32.7. The van der Waals surface area contributed by atoms with E-state index in [4.69, 9.17) is 0 Å². The van der Waals surface area contributed by atoms with Crippen molar-refractivity contribution in [3.8, 4) is 5.75 Å². The molecular weight excluding hydrogens is 1190 g/mol. The molecule has 5 N–H and O–H groups in total. The number of nitrogens with one attached hydrogen (secondary N) is 4. The number of phenolic OH excluding ortho intramolecular Hbond substituents is 1. The van der Waals surface area contributed by atoms with Crippen LogP contribution in [0.15, 0.2) is 54.6 Å². The molecule has 0 radical (unpaired) electrons. The molecule has 516 valence electrons. The van der Waals surface area contributed by atoms with Crippen molar-refractivity contribution in [3.05, 3.63) is 65.7 Å². The molecule has 2 saturated heterocycles. The summed E-state index contributed by atoms with van der Waals surface area (Å²) in [6.07, 6.45) is 2.08. The summed E-state index contributed by atoms with van der Waals surface area (Å²) in [6.45, 7) is 18.9.